The molecule has 1 fully saturated rings. The average Bonchev–Trinajstić information content (AvgIpc) is 3.00. The minimum Gasteiger partial charge on any atom is -0.357 e. The number of benzene rings is 1. The molecule has 7 heteroatoms. The van der Waals surface area contributed by atoms with Gasteiger partial charge in [0.25, 0.3) is 0 Å². The van der Waals surface area contributed by atoms with Crippen LogP contribution in [0.3, 0.4) is 0 Å². The van der Waals surface area contributed by atoms with E-state index < -0.39 is 11.6 Å². The van der Waals surface area contributed by atoms with E-state index in [1.54, 1.807) is 0 Å². The summed E-state index contributed by atoms with van der Waals surface area (Å²) in [5.41, 5.74) is 0.262. The molecule has 1 aromatic carbocycles. The van der Waals surface area contributed by atoms with Crippen LogP contribution >= 0.6 is 24.0 Å². The third kappa shape index (κ3) is 6.16. The van der Waals surface area contributed by atoms with Crippen molar-refractivity contribution in [2.24, 2.45) is 4.99 Å². The first-order valence-corrected chi connectivity index (χ1v) is 8.34. The first-order valence-electron chi connectivity index (χ1n) is 8.34. The smallest absolute Gasteiger partial charge is 0.191 e. The maximum absolute atomic E-state index is 13.7. The molecule has 1 unspecified atom stereocenters. The maximum Gasteiger partial charge on any atom is 0.191 e. The molecule has 1 aliphatic rings. The van der Waals surface area contributed by atoms with E-state index in [9.17, 15) is 8.78 Å². The molecule has 0 aliphatic carbocycles. The fraction of sp³-hybridized carbons (Fsp3) is 0.588. The number of aliphatic imine (C=N–C) groups is 1. The minimum atomic E-state index is -0.445. The van der Waals surface area contributed by atoms with Gasteiger partial charge >= 0.3 is 0 Å². The summed E-state index contributed by atoms with van der Waals surface area (Å²) >= 11 is 0. The largest absolute Gasteiger partial charge is 0.357 e. The lowest BCUT2D eigenvalue weighted by Gasteiger charge is -2.24. The van der Waals surface area contributed by atoms with E-state index in [0.717, 1.165) is 38.3 Å². The maximum atomic E-state index is 13.7. The fourth-order valence-corrected chi connectivity index (χ4v) is 2.93. The van der Waals surface area contributed by atoms with Gasteiger partial charge in [0.15, 0.2) is 5.96 Å². The summed E-state index contributed by atoms with van der Waals surface area (Å²) in [6, 6.07) is 3.96. The van der Waals surface area contributed by atoms with E-state index in [2.05, 4.69) is 27.4 Å². The van der Waals surface area contributed by atoms with Gasteiger partial charge in [-0.05, 0) is 51.1 Å². The Bertz CT molecular complexity index is 539. The van der Waals surface area contributed by atoms with Crippen molar-refractivity contribution >= 4 is 29.9 Å². The Morgan fingerprint density at radius 2 is 2.08 bits per heavy atom. The lowest BCUT2D eigenvalue weighted by Crippen LogP contribution is -2.44. The van der Waals surface area contributed by atoms with Crippen LogP contribution in [-0.2, 0) is 6.54 Å². The molecule has 0 spiro atoms. The molecule has 136 valence electrons. The Morgan fingerprint density at radius 1 is 1.29 bits per heavy atom. The van der Waals surface area contributed by atoms with E-state index in [1.165, 1.54) is 18.9 Å². The Hall–Kier alpha value is -0.960. The normalized spacial score (nSPS) is 18.3. The van der Waals surface area contributed by atoms with Crippen molar-refractivity contribution in [2.45, 2.75) is 39.3 Å². The third-order valence-corrected chi connectivity index (χ3v) is 4.17. The van der Waals surface area contributed by atoms with E-state index in [0.29, 0.717) is 12.0 Å². The molecule has 0 radical (unpaired) electrons. The predicted molar refractivity (Wildman–Crippen MR) is 105 cm³/mol. The SMILES string of the molecule is CCNC(=NCc1cc(F)ccc1F)NCC1CCCN1CC.I. The lowest BCUT2D eigenvalue weighted by molar-refractivity contribution is 0.267. The molecule has 0 bridgehead atoms. The molecule has 1 aromatic rings. The van der Waals surface area contributed by atoms with Gasteiger partial charge in [0, 0.05) is 24.7 Å². The average molecular weight is 452 g/mol. The van der Waals surface area contributed by atoms with Gasteiger partial charge in [-0.25, -0.2) is 13.8 Å². The van der Waals surface area contributed by atoms with Gasteiger partial charge in [-0.2, -0.15) is 0 Å². The molecular formula is C17H27F2IN4. The molecule has 24 heavy (non-hydrogen) atoms. The summed E-state index contributed by atoms with van der Waals surface area (Å²) in [7, 11) is 0. The third-order valence-electron chi connectivity index (χ3n) is 4.17. The molecule has 1 atom stereocenters. The number of likely N-dealkylation sites (N-methyl/N-ethyl adjacent to an activating group) is 1. The van der Waals surface area contributed by atoms with Gasteiger partial charge in [0.1, 0.15) is 11.6 Å². The van der Waals surface area contributed by atoms with E-state index >= 15 is 0 Å². The highest BCUT2D eigenvalue weighted by atomic mass is 127. The van der Waals surface area contributed by atoms with Crippen LogP contribution in [0.5, 0.6) is 0 Å². The monoisotopic (exact) mass is 452 g/mol. The van der Waals surface area contributed by atoms with Crippen molar-refractivity contribution in [3.63, 3.8) is 0 Å². The summed E-state index contributed by atoms with van der Waals surface area (Å²) in [6.07, 6.45) is 2.40. The van der Waals surface area contributed by atoms with Gasteiger partial charge in [-0.1, -0.05) is 6.92 Å². The second-order valence-electron chi connectivity index (χ2n) is 5.74. The van der Waals surface area contributed by atoms with E-state index in [-0.39, 0.29) is 36.1 Å². The number of nitrogens with zero attached hydrogens (tertiary/aromatic N) is 2. The number of nitrogens with one attached hydrogen (secondary N) is 2. The number of rotatable bonds is 6. The topological polar surface area (TPSA) is 39.7 Å². The van der Waals surface area contributed by atoms with Crippen LogP contribution in [0, 0.1) is 11.6 Å². The second-order valence-corrected chi connectivity index (χ2v) is 5.74. The molecule has 4 nitrogen and oxygen atoms in total. The molecule has 2 N–H and O–H groups in total. The van der Waals surface area contributed by atoms with Crippen molar-refractivity contribution in [1.82, 2.24) is 15.5 Å². The summed E-state index contributed by atoms with van der Waals surface area (Å²) in [6.45, 7) is 7.99. The Balaban J connectivity index is 0.00000288. The Kier molecular flexibility index (Phi) is 9.50. The van der Waals surface area contributed by atoms with Crippen LogP contribution < -0.4 is 10.6 Å². The van der Waals surface area contributed by atoms with Gasteiger partial charge in [0.05, 0.1) is 6.54 Å². The summed E-state index contributed by atoms with van der Waals surface area (Å²) in [5.74, 6) is -0.239. The van der Waals surface area contributed by atoms with Crippen LogP contribution in [0.1, 0.15) is 32.3 Å². The van der Waals surface area contributed by atoms with Crippen LogP contribution in [0.15, 0.2) is 23.2 Å². The second kappa shape index (κ2) is 10.8. The lowest BCUT2D eigenvalue weighted by atomic mass is 10.2. The van der Waals surface area contributed by atoms with Crippen LogP contribution in [-0.4, -0.2) is 43.1 Å². The molecular weight excluding hydrogens is 425 g/mol. The number of likely N-dealkylation sites (tertiary alicyclic amines) is 1. The first kappa shape index (κ1) is 21.1. The zero-order valence-corrected chi connectivity index (χ0v) is 16.6. The molecule has 1 saturated heterocycles. The van der Waals surface area contributed by atoms with Crippen molar-refractivity contribution in [3.8, 4) is 0 Å². The van der Waals surface area contributed by atoms with E-state index in [1.807, 2.05) is 6.92 Å². The van der Waals surface area contributed by atoms with Crippen LogP contribution in [0.25, 0.3) is 0 Å². The minimum absolute atomic E-state index is 0. The number of hydrogen-bond acceptors (Lipinski definition) is 2. The standard InChI is InChI=1S/C17H26F2N4.HI/c1-3-20-17(22-12-15-6-5-9-23(15)4-2)21-11-13-10-14(18)7-8-16(13)19;/h7-8,10,15H,3-6,9,11-12H2,1-2H3,(H2,20,21,22);1H. The Morgan fingerprint density at radius 3 is 2.79 bits per heavy atom. The summed E-state index contributed by atoms with van der Waals surface area (Å²) in [5, 5.41) is 6.46. The highest BCUT2D eigenvalue weighted by Gasteiger charge is 2.22. The summed E-state index contributed by atoms with van der Waals surface area (Å²) < 4.78 is 26.9. The number of halogens is 3. The van der Waals surface area contributed by atoms with Crippen LogP contribution in [0.4, 0.5) is 8.78 Å². The molecule has 0 saturated carbocycles. The fourth-order valence-electron chi connectivity index (χ4n) is 2.93. The molecule has 0 amide bonds. The first-order chi connectivity index (χ1) is 11.1. The van der Waals surface area contributed by atoms with Crippen molar-refractivity contribution in [3.05, 3.63) is 35.4 Å². The zero-order valence-electron chi connectivity index (χ0n) is 14.3. The molecule has 0 aromatic heterocycles. The number of hydrogen-bond donors (Lipinski definition) is 2. The highest BCUT2D eigenvalue weighted by molar-refractivity contribution is 14.0. The molecule has 2 rings (SSSR count). The van der Waals surface area contributed by atoms with Gasteiger partial charge < -0.3 is 10.6 Å². The van der Waals surface area contributed by atoms with Gasteiger partial charge in [0.2, 0.25) is 0 Å². The quantitative estimate of drug-likeness (QED) is 0.396. The van der Waals surface area contributed by atoms with E-state index in [4.69, 9.17) is 0 Å². The molecule has 1 heterocycles. The molecule has 1 aliphatic heterocycles. The summed E-state index contributed by atoms with van der Waals surface area (Å²) in [4.78, 5) is 6.81. The van der Waals surface area contributed by atoms with Gasteiger partial charge in [-0.15, -0.1) is 24.0 Å². The zero-order chi connectivity index (χ0) is 16.7. The van der Waals surface area contributed by atoms with Crippen molar-refractivity contribution < 1.29 is 8.78 Å². The van der Waals surface area contributed by atoms with Crippen LogP contribution in [0.2, 0.25) is 0 Å². The number of guanidine groups is 1. The Labute approximate surface area is 160 Å². The van der Waals surface area contributed by atoms with Crippen molar-refractivity contribution in [1.29, 1.82) is 0 Å². The predicted octanol–water partition coefficient (Wildman–Crippen LogP) is 3.12. The highest BCUT2D eigenvalue weighted by Crippen LogP contribution is 2.15. The van der Waals surface area contributed by atoms with Crippen molar-refractivity contribution in [2.75, 3.05) is 26.2 Å². The van der Waals surface area contributed by atoms with Gasteiger partial charge in [-0.3, -0.25) is 4.90 Å².